The molecule has 14 heavy (non-hydrogen) atoms. The lowest BCUT2D eigenvalue weighted by atomic mass is 10.1. The largest absolute Gasteiger partial charge is 0.428 e. The maximum absolute atomic E-state index is 13.3. The van der Waals surface area contributed by atoms with E-state index in [1.54, 1.807) is 6.92 Å². The van der Waals surface area contributed by atoms with E-state index in [4.69, 9.17) is 0 Å². The molecule has 0 saturated heterocycles. The van der Waals surface area contributed by atoms with E-state index in [0.717, 1.165) is 0 Å². The Balaban J connectivity index is 0.00000169. The zero-order valence-corrected chi connectivity index (χ0v) is 7.53. The summed E-state index contributed by atoms with van der Waals surface area (Å²) in [5.74, 6) is -4.62. The van der Waals surface area contributed by atoms with Gasteiger partial charge in [0.15, 0.2) is 0 Å². The van der Waals surface area contributed by atoms with Crippen LogP contribution in [-0.2, 0) is 4.74 Å². The number of halogens is 5. The van der Waals surface area contributed by atoms with E-state index in [0.29, 0.717) is 12.8 Å². The molecule has 2 atom stereocenters. The van der Waals surface area contributed by atoms with Gasteiger partial charge in [-0.1, -0.05) is 13.3 Å². The first kappa shape index (κ1) is 13.2. The predicted molar refractivity (Wildman–Crippen MR) is 41.1 cm³/mol. The quantitative estimate of drug-likeness (QED) is 0.659. The zero-order chi connectivity index (χ0) is 10.1. The van der Waals surface area contributed by atoms with E-state index in [2.05, 4.69) is 4.74 Å². The van der Waals surface area contributed by atoms with E-state index in [-0.39, 0.29) is 11.1 Å². The standard InChI is InChI=1S/C8H10F4O.FH/c1-2-3-4-8(12)6(10)5(9)7(11)13-8;/h6H,2-4H2,1H3;1H. The highest BCUT2D eigenvalue weighted by Crippen LogP contribution is 2.42. The second-order valence-electron chi connectivity index (χ2n) is 2.98. The molecule has 84 valence electrons. The summed E-state index contributed by atoms with van der Waals surface area (Å²) in [5, 5.41) is 0. The maximum Gasteiger partial charge on any atom is 0.311 e. The fourth-order valence-electron chi connectivity index (χ4n) is 1.13. The third kappa shape index (κ3) is 2.16. The normalized spacial score (nSPS) is 31.4. The first-order valence-corrected chi connectivity index (χ1v) is 4.08. The molecular weight excluding hydrogens is 207 g/mol. The number of alkyl halides is 2. The summed E-state index contributed by atoms with van der Waals surface area (Å²) < 4.78 is 54.6. The van der Waals surface area contributed by atoms with Crippen LogP contribution in [0.3, 0.4) is 0 Å². The average Bonchev–Trinajstić information content (AvgIpc) is 2.28. The summed E-state index contributed by atoms with van der Waals surface area (Å²) in [6.07, 6.45) is -2.05. The average molecular weight is 218 g/mol. The molecule has 0 N–H and O–H groups in total. The SMILES string of the molecule is CCCCC1(F)OC(F)=C(F)C1F.F. The van der Waals surface area contributed by atoms with Crippen molar-refractivity contribution in [3.05, 3.63) is 11.8 Å². The third-order valence-electron chi connectivity index (χ3n) is 1.92. The molecule has 0 spiro atoms. The first-order valence-electron chi connectivity index (χ1n) is 4.08. The molecular formula is C8H11F5O. The number of hydrogen-bond donors (Lipinski definition) is 0. The van der Waals surface area contributed by atoms with Gasteiger partial charge in [0.1, 0.15) is 0 Å². The number of unbranched alkanes of at least 4 members (excludes halogenated alkanes) is 1. The monoisotopic (exact) mass is 218 g/mol. The molecule has 0 aliphatic carbocycles. The van der Waals surface area contributed by atoms with Crippen LogP contribution in [0.4, 0.5) is 22.3 Å². The minimum atomic E-state index is -2.84. The van der Waals surface area contributed by atoms with Crippen LogP contribution in [0.5, 0.6) is 0 Å². The van der Waals surface area contributed by atoms with E-state index in [1.807, 2.05) is 0 Å². The highest BCUT2D eigenvalue weighted by molar-refractivity contribution is 5.12. The van der Waals surface area contributed by atoms with Crippen LogP contribution in [-0.4, -0.2) is 12.0 Å². The van der Waals surface area contributed by atoms with Crippen molar-refractivity contribution in [3.8, 4) is 0 Å². The van der Waals surface area contributed by atoms with E-state index in [1.165, 1.54) is 0 Å². The summed E-state index contributed by atoms with van der Waals surface area (Å²) in [4.78, 5) is 0. The van der Waals surface area contributed by atoms with Crippen LogP contribution in [0.25, 0.3) is 0 Å². The molecule has 0 radical (unpaired) electrons. The lowest BCUT2D eigenvalue weighted by Crippen LogP contribution is -2.32. The molecule has 0 amide bonds. The Morgan fingerprint density at radius 1 is 1.43 bits per heavy atom. The van der Waals surface area contributed by atoms with Crippen molar-refractivity contribution in [3.63, 3.8) is 0 Å². The molecule has 6 heteroatoms. The van der Waals surface area contributed by atoms with Gasteiger partial charge in [-0.25, -0.2) is 8.78 Å². The van der Waals surface area contributed by atoms with Gasteiger partial charge in [0.05, 0.1) is 0 Å². The Labute approximate surface area is 78.1 Å². The summed E-state index contributed by atoms with van der Waals surface area (Å²) in [7, 11) is 0. The van der Waals surface area contributed by atoms with E-state index < -0.39 is 23.9 Å². The Kier molecular flexibility index (Phi) is 4.35. The van der Waals surface area contributed by atoms with Gasteiger partial charge >= 0.3 is 6.01 Å². The maximum atomic E-state index is 13.3. The summed E-state index contributed by atoms with van der Waals surface area (Å²) in [6.45, 7) is 1.76. The topological polar surface area (TPSA) is 9.23 Å². The minimum Gasteiger partial charge on any atom is -0.428 e. The van der Waals surface area contributed by atoms with Crippen molar-refractivity contribution < 1.29 is 27.0 Å². The predicted octanol–water partition coefficient (Wildman–Crippen LogP) is 3.47. The number of hydrogen-bond acceptors (Lipinski definition) is 1. The highest BCUT2D eigenvalue weighted by atomic mass is 19.2. The molecule has 0 saturated carbocycles. The highest BCUT2D eigenvalue weighted by Gasteiger charge is 2.52. The van der Waals surface area contributed by atoms with Crippen LogP contribution >= 0.6 is 0 Å². The molecule has 0 aromatic rings. The summed E-state index contributed by atoms with van der Waals surface area (Å²) in [6, 6.07) is -1.77. The molecule has 1 rings (SSSR count). The molecule has 2 unspecified atom stereocenters. The molecule has 1 heterocycles. The first-order chi connectivity index (χ1) is 6.01. The Bertz CT molecular complexity index is 230. The van der Waals surface area contributed by atoms with E-state index in [9.17, 15) is 17.6 Å². The molecule has 1 aliphatic rings. The van der Waals surface area contributed by atoms with Gasteiger partial charge < -0.3 is 4.74 Å². The fourth-order valence-corrected chi connectivity index (χ4v) is 1.13. The van der Waals surface area contributed by atoms with Crippen molar-refractivity contribution in [2.24, 2.45) is 0 Å². The second-order valence-corrected chi connectivity index (χ2v) is 2.98. The molecule has 0 fully saturated rings. The number of rotatable bonds is 3. The summed E-state index contributed by atoms with van der Waals surface area (Å²) >= 11 is 0. The van der Waals surface area contributed by atoms with Gasteiger partial charge in [-0.2, -0.15) is 8.78 Å². The number of ether oxygens (including phenoxy) is 1. The molecule has 1 nitrogen and oxygen atoms in total. The van der Waals surface area contributed by atoms with Crippen molar-refractivity contribution >= 4 is 0 Å². The van der Waals surface area contributed by atoms with Gasteiger partial charge in [-0.15, -0.1) is 0 Å². The van der Waals surface area contributed by atoms with E-state index >= 15 is 0 Å². The van der Waals surface area contributed by atoms with Crippen LogP contribution in [0.2, 0.25) is 0 Å². The zero-order valence-electron chi connectivity index (χ0n) is 7.53. The molecule has 0 bridgehead atoms. The van der Waals surface area contributed by atoms with Crippen molar-refractivity contribution in [1.29, 1.82) is 0 Å². The van der Waals surface area contributed by atoms with Gasteiger partial charge in [0.25, 0.3) is 5.85 Å². The fraction of sp³-hybridized carbons (Fsp3) is 0.750. The molecule has 1 aliphatic heterocycles. The van der Waals surface area contributed by atoms with Crippen molar-refractivity contribution in [2.75, 3.05) is 0 Å². The van der Waals surface area contributed by atoms with Crippen LogP contribution in [0.15, 0.2) is 11.8 Å². The van der Waals surface area contributed by atoms with Crippen LogP contribution < -0.4 is 0 Å². The Hall–Kier alpha value is -0.810. The summed E-state index contributed by atoms with van der Waals surface area (Å²) in [5.41, 5.74) is 0. The Morgan fingerprint density at radius 2 is 2.00 bits per heavy atom. The molecule has 0 aromatic heterocycles. The lowest BCUT2D eigenvalue weighted by molar-refractivity contribution is -0.147. The van der Waals surface area contributed by atoms with Crippen molar-refractivity contribution in [1.82, 2.24) is 0 Å². The van der Waals surface area contributed by atoms with Crippen LogP contribution in [0, 0.1) is 0 Å². The minimum absolute atomic E-state index is 0. The van der Waals surface area contributed by atoms with Gasteiger partial charge in [-0.05, 0) is 6.42 Å². The lowest BCUT2D eigenvalue weighted by Gasteiger charge is -2.20. The third-order valence-corrected chi connectivity index (χ3v) is 1.92. The van der Waals surface area contributed by atoms with Gasteiger partial charge in [0.2, 0.25) is 12.0 Å². The smallest absolute Gasteiger partial charge is 0.311 e. The molecule has 0 aromatic carbocycles. The Morgan fingerprint density at radius 3 is 2.36 bits per heavy atom. The van der Waals surface area contributed by atoms with Gasteiger partial charge in [0, 0.05) is 6.42 Å². The van der Waals surface area contributed by atoms with Gasteiger partial charge in [-0.3, -0.25) is 4.70 Å². The van der Waals surface area contributed by atoms with Crippen molar-refractivity contribution in [2.45, 2.75) is 38.2 Å². The second kappa shape index (κ2) is 4.61. The van der Waals surface area contributed by atoms with Crippen LogP contribution in [0.1, 0.15) is 26.2 Å².